The predicted molar refractivity (Wildman–Crippen MR) is 90.7 cm³/mol. The summed E-state index contributed by atoms with van der Waals surface area (Å²) in [6.45, 7) is 11.9. The maximum Gasteiger partial charge on any atom is 0.410 e. The Kier molecular flexibility index (Phi) is 5.12. The van der Waals surface area contributed by atoms with Crippen LogP contribution in [0.15, 0.2) is 6.07 Å². The Morgan fingerprint density at radius 3 is 2.52 bits per heavy atom. The number of rotatable bonds is 3. The van der Waals surface area contributed by atoms with E-state index in [1.165, 1.54) is 0 Å². The Morgan fingerprint density at radius 2 is 1.96 bits per heavy atom. The molecule has 1 amide bonds. The van der Waals surface area contributed by atoms with Crippen LogP contribution < -0.4 is 4.90 Å². The lowest BCUT2D eigenvalue weighted by molar-refractivity contribution is 0.0288. The maximum absolute atomic E-state index is 12.1. The number of amides is 1. The van der Waals surface area contributed by atoms with E-state index in [1.807, 2.05) is 47.7 Å². The fourth-order valence-electron chi connectivity index (χ4n) is 2.82. The summed E-state index contributed by atoms with van der Waals surface area (Å²) >= 11 is 0. The molecule has 1 atom stereocenters. The van der Waals surface area contributed by atoms with Crippen molar-refractivity contribution < 1.29 is 9.53 Å². The Bertz CT molecular complexity index is 548. The Morgan fingerprint density at radius 1 is 1.35 bits per heavy atom. The van der Waals surface area contributed by atoms with Crippen molar-refractivity contribution in [3.8, 4) is 0 Å². The zero-order valence-corrected chi connectivity index (χ0v) is 15.1. The van der Waals surface area contributed by atoms with E-state index in [-0.39, 0.29) is 6.09 Å². The number of nitrogens with zero attached hydrogens (tertiary/aromatic N) is 4. The topological polar surface area (TPSA) is 58.6 Å². The first-order valence-corrected chi connectivity index (χ1v) is 8.15. The highest BCUT2D eigenvalue weighted by Crippen LogP contribution is 2.21. The minimum absolute atomic E-state index is 0.217. The summed E-state index contributed by atoms with van der Waals surface area (Å²) in [5, 5.41) is 0. The monoisotopic (exact) mass is 320 g/mol. The van der Waals surface area contributed by atoms with Crippen LogP contribution in [0.2, 0.25) is 0 Å². The highest BCUT2D eigenvalue weighted by Gasteiger charge is 2.30. The van der Waals surface area contributed by atoms with Crippen molar-refractivity contribution in [2.45, 2.75) is 46.6 Å². The van der Waals surface area contributed by atoms with Gasteiger partial charge in [0.25, 0.3) is 0 Å². The van der Waals surface area contributed by atoms with Gasteiger partial charge < -0.3 is 14.5 Å². The second-order valence-corrected chi connectivity index (χ2v) is 7.41. The number of hydrogen-bond acceptors (Lipinski definition) is 5. The lowest BCUT2D eigenvalue weighted by Crippen LogP contribution is -2.36. The molecule has 1 aromatic heterocycles. The van der Waals surface area contributed by atoms with E-state index in [9.17, 15) is 4.79 Å². The molecule has 0 N–H and O–H groups in total. The van der Waals surface area contributed by atoms with Crippen LogP contribution in [0.3, 0.4) is 0 Å². The van der Waals surface area contributed by atoms with Gasteiger partial charge >= 0.3 is 6.09 Å². The van der Waals surface area contributed by atoms with E-state index < -0.39 is 5.60 Å². The van der Waals surface area contributed by atoms with E-state index in [2.05, 4.69) is 14.9 Å². The first-order chi connectivity index (χ1) is 10.6. The molecule has 0 spiro atoms. The molecule has 6 heteroatoms. The van der Waals surface area contributed by atoms with E-state index in [1.54, 1.807) is 4.90 Å². The van der Waals surface area contributed by atoms with Crippen molar-refractivity contribution in [1.29, 1.82) is 0 Å². The first kappa shape index (κ1) is 17.5. The predicted octanol–water partition coefficient (Wildman–Crippen LogP) is 2.79. The lowest BCUT2D eigenvalue weighted by Gasteiger charge is -2.25. The molecule has 1 aliphatic heterocycles. The number of anilines is 1. The highest BCUT2D eigenvalue weighted by molar-refractivity contribution is 5.68. The van der Waals surface area contributed by atoms with Crippen LogP contribution in [0.4, 0.5) is 10.7 Å². The van der Waals surface area contributed by atoms with Gasteiger partial charge in [-0.05, 0) is 53.0 Å². The van der Waals surface area contributed by atoms with E-state index >= 15 is 0 Å². The summed E-state index contributed by atoms with van der Waals surface area (Å²) < 4.78 is 5.44. The van der Waals surface area contributed by atoms with Gasteiger partial charge in [-0.1, -0.05) is 0 Å². The summed E-state index contributed by atoms with van der Waals surface area (Å²) in [7, 11) is 2.00. The number of aromatic nitrogens is 2. The van der Waals surface area contributed by atoms with Gasteiger partial charge in [0.2, 0.25) is 5.95 Å². The molecule has 1 aromatic rings. The van der Waals surface area contributed by atoms with Gasteiger partial charge in [-0.2, -0.15) is 0 Å². The van der Waals surface area contributed by atoms with Crippen molar-refractivity contribution in [1.82, 2.24) is 14.9 Å². The standard InChI is InChI=1S/C17H28N4O2/c1-12-9-13(2)19-15(18-12)20(6)10-14-7-8-21(11-14)16(22)23-17(3,4)5/h9,14H,7-8,10-11H2,1-6H3/t14-/m1/s1. The van der Waals surface area contributed by atoms with Crippen LogP contribution in [0.1, 0.15) is 38.6 Å². The SMILES string of the molecule is Cc1cc(C)nc(N(C)C[C@H]2CCN(C(=O)OC(C)(C)C)C2)n1. The van der Waals surface area contributed by atoms with Crippen LogP contribution in [-0.2, 0) is 4.74 Å². The Hall–Kier alpha value is -1.85. The van der Waals surface area contributed by atoms with Crippen molar-refractivity contribution in [2.75, 3.05) is 31.6 Å². The molecular weight excluding hydrogens is 292 g/mol. The van der Waals surface area contributed by atoms with Gasteiger partial charge in [0.15, 0.2) is 0 Å². The number of hydrogen-bond donors (Lipinski definition) is 0. The molecule has 0 unspecified atom stereocenters. The lowest BCUT2D eigenvalue weighted by atomic mass is 10.1. The minimum atomic E-state index is -0.446. The molecule has 1 aliphatic rings. The van der Waals surface area contributed by atoms with Crippen molar-refractivity contribution in [2.24, 2.45) is 5.92 Å². The zero-order chi connectivity index (χ0) is 17.2. The van der Waals surface area contributed by atoms with Gasteiger partial charge in [0.05, 0.1) is 0 Å². The van der Waals surface area contributed by atoms with Gasteiger partial charge in [-0.3, -0.25) is 0 Å². The van der Waals surface area contributed by atoms with Crippen molar-refractivity contribution >= 4 is 12.0 Å². The average molecular weight is 320 g/mol. The molecule has 0 aromatic carbocycles. The number of likely N-dealkylation sites (tertiary alicyclic amines) is 1. The van der Waals surface area contributed by atoms with Crippen molar-refractivity contribution in [3.63, 3.8) is 0 Å². The quantitative estimate of drug-likeness (QED) is 0.857. The molecule has 0 aliphatic carbocycles. The first-order valence-electron chi connectivity index (χ1n) is 8.15. The molecule has 128 valence electrons. The second-order valence-electron chi connectivity index (χ2n) is 7.41. The third-order valence-electron chi connectivity index (χ3n) is 3.78. The maximum atomic E-state index is 12.1. The molecule has 1 saturated heterocycles. The Balaban J connectivity index is 1.91. The van der Waals surface area contributed by atoms with Gasteiger partial charge in [-0.15, -0.1) is 0 Å². The molecular formula is C17H28N4O2. The fourth-order valence-corrected chi connectivity index (χ4v) is 2.82. The highest BCUT2D eigenvalue weighted by atomic mass is 16.6. The second kappa shape index (κ2) is 6.72. The zero-order valence-electron chi connectivity index (χ0n) is 15.1. The molecule has 2 rings (SSSR count). The molecule has 2 heterocycles. The molecule has 1 fully saturated rings. The Labute approximate surface area is 138 Å². The summed E-state index contributed by atoms with van der Waals surface area (Å²) in [6, 6.07) is 1.97. The average Bonchev–Trinajstić information content (AvgIpc) is 2.84. The fraction of sp³-hybridized carbons (Fsp3) is 0.706. The van der Waals surface area contributed by atoms with Crippen LogP contribution in [0, 0.1) is 19.8 Å². The van der Waals surface area contributed by atoms with Crippen LogP contribution >= 0.6 is 0 Å². The third-order valence-corrected chi connectivity index (χ3v) is 3.78. The normalized spacial score (nSPS) is 18.2. The van der Waals surface area contributed by atoms with E-state index in [0.29, 0.717) is 5.92 Å². The number of ether oxygens (including phenoxy) is 1. The summed E-state index contributed by atoms with van der Waals surface area (Å²) in [6.07, 6.45) is 0.763. The van der Waals surface area contributed by atoms with Crippen molar-refractivity contribution in [3.05, 3.63) is 17.5 Å². The van der Waals surface area contributed by atoms with Gasteiger partial charge in [0, 0.05) is 38.1 Å². The van der Waals surface area contributed by atoms with Crippen LogP contribution in [-0.4, -0.2) is 53.2 Å². The number of carbonyl (C=O) groups excluding carboxylic acids is 1. The minimum Gasteiger partial charge on any atom is -0.444 e. The summed E-state index contributed by atoms with van der Waals surface area (Å²) in [4.78, 5) is 25.0. The van der Waals surface area contributed by atoms with Crippen LogP contribution in [0.25, 0.3) is 0 Å². The third kappa shape index (κ3) is 5.08. The molecule has 0 radical (unpaired) electrons. The van der Waals surface area contributed by atoms with Crippen LogP contribution in [0.5, 0.6) is 0 Å². The number of aryl methyl sites for hydroxylation is 2. The van der Waals surface area contributed by atoms with E-state index in [0.717, 1.165) is 43.4 Å². The molecule has 0 bridgehead atoms. The van der Waals surface area contributed by atoms with Gasteiger partial charge in [0.1, 0.15) is 5.60 Å². The molecule has 23 heavy (non-hydrogen) atoms. The summed E-state index contributed by atoms with van der Waals surface area (Å²) in [5.41, 5.74) is 1.50. The number of carbonyl (C=O) groups is 1. The smallest absolute Gasteiger partial charge is 0.410 e. The molecule has 0 saturated carbocycles. The largest absolute Gasteiger partial charge is 0.444 e. The van der Waals surface area contributed by atoms with Gasteiger partial charge in [-0.25, -0.2) is 14.8 Å². The molecule has 6 nitrogen and oxygen atoms in total. The summed E-state index contributed by atoms with van der Waals surface area (Å²) in [5.74, 6) is 1.16. The van der Waals surface area contributed by atoms with E-state index in [4.69, 9.17) is 4.74 Å².